The molecule has 3 aromatic rings. The summed E-state index contributed by atoms with van der Waals surface area (Å²) < 4.78 is 11.5. The van der Waals surface area contributed by atoms with E-state index in [1.807, 2.05) is 91.0 Å². The third kappa shape index (κ3) is 3.79. The fraction of sp³-hybridized carbons (Fsp3) is 0.120. The van der Waals surface area contributed by atoms with Crippen molar-refractivity contribution < 1.29 is 18.8 Å². The number of esters is 1. The molecule has 0 N–H and O–H groups in total. The molecule has 0 aromatic heterocycles. The summed E-state index contributed by atoms with van der Waals surface area (Å²) in [5, 5.41) is 2.70. The van der Waals surface area contributed by atoms with Gasteiger partial charge in [0.05, 0.1) is 0 Å². The van der Waals surface area contributed by atoms with Crippen LogP contribution in [0.5, 0.6) is 0 Å². The molecule has 0 aliphatic carbocycles. The quantitative estimate of drug-likeness (QED) is 0.317. The van der Waals surface area contributed by atoms with Crippen molar-refractivity contribution in [1.29, 1.82) is 0 Å². The van der Waals surface area contributed by atoms with Crippen molar-refractivity contribution in [3.63, 3.8) is 0 Å². The molecule has 3 aromatic carbocycles. The Morgan fingerprint density at radius 3 is 1.53 bits per heavy atom. The van der Waals surface area contributed by atoms with Gasteiger partial charge < -0.3 is 0 Å². The summed E-state index contributed by atoms with van der Waals surface area (Å²) in [5.41, 5.74) is 0. The second-order valence-corrected chi connectivity index (χ2v) is 11.5. The Bertz CT molecular complexity index is 917. The molecule has 0 atom stereocenters. The molecule has 0 amide bonds. The number of benzene rings is 3. The van der Waals surface area contributed by atoms with Crippen LogP contribution in [-0.4, -0.2) is 24.7 Å². The number of allylic oxidation sites excluding steroid dienone is 1. The van der Waals surface area contributed by atoms with Crippen molar-refractivity contribution in [1.82, 2.24) is 0 Å². The molecular formula is C25H25O4P. The molecule has 0 heterocycles. The normalized spacial score (nSPS) is 12.2. The molecule has 0 bridgehead atoms. The SMILES string of the molecule is C=CCP(OC(=O)COC(C)=O)(c1ccccc1)(c1ccccc1)c1ccccc1. The van der Waals surface area contributed by atoms with Crippen LogP contribution in [0.3, 0.4) is 0 Å². The number of hydrogen-bond acceptors (Lipinski definition) is 4. The van der Waals surface area contributed by atoms with Crippen molar-refractivity contribution in [2.24, 2.45) is 0 Å². The zero-order valence-corrected chi connectivity index (χ0v) is 17.8. The summed E-state index contributed by atoms with van der Waals surface area (Å²) >= 11 is 0. The van der Waals surface area contributed by atoms with Crippen LogP contribution in [0.4, 0.5) is 0 Å². The zero-order valence-electron chi connectivity index (χ0n) is 16.9. The Labute approximate surface area is 177 Å². The topological polar surface area (TPSA) is 52.6 Å². The summed E-state index contributed by atoms with van der Waals surface area (Å²) in [4.78, 5) is 24.4. The molecule has 5 heteroatoms. The molecule has 0 fully saturated rings. The van der Waals surface area contributed by atoms with Crippen LogP contribution in [0.1, 0.15) is 6.92 Å². The molecule has 0 aliphatic rings. The zero-order chi connectivity index (χ0) is 21.5. The van der Waals surface area contributed by atoms with Crippen LogP contribution in [0, 0.1) is 0 Å². The first kappa shape index (κ1) is 21.5. The van der Waals surface area contributed by atoms with Gasteiger partial charge in [-0.3, -0.25) is 0 Å². The van der Waals surface area contributed by atoms with Crippen LogP contribution in [0.25, 0.3) is 0 Å². The number of rotatable bonds is 8. The second kappa shape index (κ2) is 9.06. The summed E-state index contributed by atoms with van der Waals surface area (Å²) in [5.74, 6) is -1.13. The fourth-order valence-electron chi connectivity index (χ4n) is 3.85. The van der Waals surface area contributed by atoms with E-state index in [0.717, 1.165) is 15.9 Å². The molecule has 154 valence electrons. The Balaban J connectivity index is 2.38. The van der Waals surface area contributed by atoms with Gasteiger partial charge in [-0.1, -0.05) is 0 Å². The van der Waals surface area contributed by atoms with E-state index in [9.17, 15) is 9.59 Å². The van der Waals surface area contributed by atoms with E-state index >= 15 is 0 Å². The van der Waals surface area contributed by atoms with Gasteiger partial charge in [0.25, 0.3) is 0 Å². The van der Waals surface area contributed by atoms with Crippen molar-refractivity contribution >= 4 is 34.7 Å². The van der Waals surface area contributed by atoms with Gasteiger partial charge in [-0.15, -0.1) is 0 Å². The Kier molecular flexibility index (Phi) is 6.49. The second-order valence-electron chi connectivity index (χ2n) is 6.93. The van der Waals surface area contributed by atoms with Gasteiger partial charge in [0.2, 0.25) is 0 Å². The fourth-order valence-corrected chi connectivity index (χ4v) is 9.17. The predicted octanol–water partition coefficient (Wildman–Crippen LogP) is 3.72. The minimum absolute atomic E-state index is 0.412. The van der Waals surface area contributed by atoms with E-state index in [2.05, 4.69) is 6.58 Å². The first-order valence-corrected chi connectivity index (χ1v) is 12.0. The summed E-state index contributed by atoms with van der Waals surface area (Å²) in [6.45, 7) is 1.04. The van der Waals surface area contributed by atoms with Crippen LogP contribution < -0.4 is 15.9 Å². The van der Waals surface area contributed by atoms with E-state index in [-0.39, 0.29) is 0 Å². The van der Waals surface area contributed by atoms with Gasteiger partial charge in [-0.25, -0.2) is 0 Å². The molecule has 3 rings (SSSR count). The van der Waals surface area contributed by atoms with Crippen molar-refractivity contribution in [2.75, 3.05) is 12.8 Å². The maximum atomic E-state index is 13.1. The van der Waals surface area contributed by atoms with E-state index in [1.54, 1.807) is 6.08 Å². The molecule has 30 heavy (non-hydrogen) atoms. The van der Waals surface area contributed by atoms with Gasteiger partial charge in [0.1, 0.15) is 0 Å². The van der Waals surface area contributed by atoms with Crippen LogP contribution in [-0.2, 0) is 18.8 Å². The molecule has 0 saturated heterocycles. The van der Waals surface area contributed by atoms with Gasteiger partial charge in [-0.2, -0.15) is 0 Å². The Hall–Kier alpha value is -3.23. The predicted molar refractivity (Wildman–Crippen MR) is 123 cm³/mol. The Morgan fingerprint density at radius 1 is 0.800 bits per heavy atom. The third-order valence-electron chi connectivity index (χ3n) is 5.08. The molecule has 0 spiro atoms. The third-order valence-corrected chi connectivity index (χ3v) is 10.8. The molecule has 0 unspecified atom stereocenters. The van der Waals surface area contributed by atoms with Crippen LogP contribution >= 0.6 is 6.83 Å². The van der Waals surface area contributed by atoms with Crippen LogP contribution in [0.15, 0.2) is 104 Å². The molecule has 0 aliphatic heterocycles. The van der Waals surface area contributed by atoms with E-state index in [1.165, 1.54) is 6.92 Å². The van der Waals surface area contributed by atoms with E-state index < -0.39 is 25.4 Å². The van der Waals surface area contributed by atoms with E-state index in [0.29, 0.717) is 6.16 Å². The standard InChI is InChI=1S/C25H25O4P/c1-3-19-30(22-13-7-4-8-14-22,23-15-9-5-10-16-23,24-17-11-6-12-18-24)29-25(27)20-28-21(2)26/h3-18H,1,19-20H2,2H3. The maximum absolute atomic E-state index is 13.1. The molecule has 0 radical (unpaired) electrons. The van der Waals surface area contributed by atoms with Gasteiger partial charge >= 0.3 is 177 Å². The van der Waals surface area contributed by atoms with E-state index in [4.69, 9.17) is 9.26 Å². The first-order chi connectivity index (χ1) is 14.5. The summed E-state index contributed by atoms with van der Waals surface area (Å²) in [6, 6.07) is 29.3. The van der Waals surface area contributed by atoms with Gasteiger partial charge in [-0.05, 0) is 0 Å². The molecule has 0 saturated carbocycles. The average molecular weight is 420 g/mol. The molecular weight excluding hydrogens is 395 g/mol. The number of carbonyl (C=O) groups excluding carboxylic acids is 2. The number of carbonyl (C=O) groups is 2. The first-order valence-electron chi connectivity index (χ1n) is 9.68. The number of ether oxygens (including phenoxy) is 1. The summed E-state index contributed by atoms with van der Waals surface area (Å²) in [6.07, 6.45) is 2.21. The van der Waals surface area contributed by atoms with Gasteiger partial charge in [0, 0.05) is 0 Å². The minimum atomic E-state index is -3.79. The van der Waals surface area contributed by atoms with Crippen molar-refractivity contribution in [2.45, 2.75) is 6.92 Å². The molecule has 4 nitrogen and oxygen atoms in total. The monoisotopic (exact) mass is 420 g/mol. The summed E-state index contributed by atoms with van der Waals surface area (Å²) in [7, 11) is 0. The number of hydrogen-bond donors (Lipinski definition) is 0. The van der Waals surface area contributed by atoms with Crippen LogP contribution in [0.2, 0.25) is 0 Å². The van der Waals surface area contributed by atoms with Crippen molar-refractivity contribution in [3.05, 3.63) is 104 Å². The average Bonchev–Trinajstić information content (AvgIpc) is 2.79. The Morgan fingerprint density at radius 2 is 1.20 bits per heavy atom. The van der Waals surface area contributed by atoms with Gasteiger partial charge in [0.15, 0.2) is 0 Å². The van der Waals surface area contributed by atoms with Crippen molar-refractivity contribution in [3.8, 4) is 0 Å².